The number of unbranched alkanes of at least 4 members (excludes halogenated alkanes) is 1. The zero-order valence-electron chi connectivity index (χ0n) is 11.5. The van der Waals surface area contributed by atoms with E-state index in [0.29, 0.717) is 6.54 Å². The maximum Gasteiger partial charge on any atom is 0.257 e. The van der Waals surface area contributed by atoms with Crippen LogP contribution in [0.3, 0.4) is 0 Å². The molecule has 1 fully saturated rings. The van der Waals surface area contributed by atoms with Crippen molar-refractivity contribution in [2.75, 3.05) is 26.2 Å². The summed E-state index contributed by atoms with van der Waals surface area (Å²) < 4.78 is 26.7. The van der Waals surface area contributed by atoms with Crippen LogP contribution in [0.2, 0.25) is 0 Å². The van der Waals surface area contributed by atoms with E-state index in [4.69, 9.17) is 0 Å². The molecule has 0 saturated carbocycles. The standard InChI is InChI=1S/C15H20F2N2O/c16-12-6-5-7-13(17)14(12)15(20)18-8-1-2-9-19-10-3-4-11-19/h5-7H,1-4,8-11H2,(H,18,20). The summed E-state index contributed by atoms with van der Waals surface area (Å²) in [5.41, 5.74) is -0.493. The zero-order valence-corrected chi connectivity index (χ0v) is 11.5. The van der Waals surface area contributed by atoms with Gasteiger partial charge in [-0.15, -0.1) is 0 Å². The Hall–Kier alpha value is -1.49. The summed E-state index contributed by atoms with van der Waals surface area (Å²) >= 11 is 0. The molecule has 3 nitrogen and oxygen atoms in total. The van der Waals surface area contributed by atoms with Crippen molar-refractivity contribution in [2.24, 2.45) is 0 Å². The Balaban J connectivity index is 1.69. The van der Waals surface area contributed by atoms with Gasteiger partial charge < -0.3 is 10.2 Å². The van der Waals surface area contributed by atoms with Crippen molar-refractivity contribution in [3.8, 4) is 0 Å². The van der Waals surface area contributed by atoms with Gasteiger partial charge in [-0.25, -0.2) is 8.78 Å². The second kappa shape index (κ2) is 7.33. The van der Waals surface area contributed by atoms with Gasteiger partial charge in [-0.05, 0) is 57.5 Å². The third-order valence-corrected chi connectivity index (χ3v) is 3.58. The van der Waals surface area contributed by atoms with Crippen molar-refractivity contribution in [3.05, 3.63) is 35.4 Å². The van der Waals surface area contributed by atoms with Gasteiger partial charge in [-0.2, -0.15) is 0 Å². The molecular formula is C15H20F2N2O. The Bertz CT molecular complexity index is 439. The quantitative estimate of drug-likeness (QED) is 0.813. The summed E-state index contributed by atoms with van der Waals surface area (Å²) in [5, 5.41) is 2.57. The molecule has 1 saturated heterocycles. The van der Waals surface area contributed by atoms with Crippen LogP contribution in [0.4, 0.5) is 8.78 Å². The summed E-state index contributed by atoms with van der Waals surface area (Å²) in [6, 6.07) is 3.42. The number of amides is 1. The van der Waals surface area contributed by atoms with Gasteiger partial charge in [0.1, 0.15) is 17.2 Å². The van der Waals surface area contributed by atoms with E-state index in [-0.39, 0.29) is 0 Å². The maximum atomic E-state index is 13.4. The molecule has 2 rings (SSSR count). The van der Waals surface area contributed by atoms with Gasteiger partial charge in [0.2, 0.25) is 0 Å². The zero-order chi connectivity index (χ0) is 14.4. The molecule has 1 heterocycles. The van der Waals surface area contributed by atoms with E-state index in [9.17, 15) is 13.6 Å². The summed E-state index contributed by atoms with van der Waals surface area (Å²) in [6.45, 7) is 3.80. The van der Waals surface area contributed by atoms with E-state index >= 15 is 0 Å². The number of nitrogens with zero attached hydrogens (tertiary/aromatic N) is 1. The Labute approximate surface area is 118 Å². The highest BCUT2D eigenvalue weighted by molar-refractivity contribution is 5.94. The molecule has 0 unspecified atom stereocenters. The predicted octanol–water partition coefficient (Wildman–Crippen LogP) is 2.57. The highest BCUT2D eigenvalue weighted by Gasteiger charge is 2.16. The SMILES string of the molecule is O=C(NCCCCN1CCCC1)c1c(F)cccc1F. The van der Waals surface area contributed by atoms with Crippen molar-refractivity contribution in [1.29, 1.82) is 0 Å². The van der Waals surface area contributed by atoms with Crippen LogP contribution in [-0.2, 0) is 0 Å². The second-order valence-electron chi connectivity index (χ2n) is 5.11. The first-order valence-electron chi connectivity index (χ1n) is 7.13. The minimum Gasteiger partial charge on any atom is -0.352 e. The maximum absolute atomic E-state index is 13.4. The van der Waals surface area contributed by atoms with Gasteiger partial charge in [-0.3, -0.25) is 4.79 Å². The molecule has 1 aromatic carbocycles. The average molecular weight is 282 g/mol. The van der Waals surface area contributed by atoms with Crippen LogP contribution < -0.4 is 5.32 Å². The Kier molecular flexibility index (Phi) is 5.47. The largest absolute Gasteiger partial charge is 0.352 e. The molecule has 0 atom stereocenters. The lowest BCUT2D eigenvalue weighted by atomic mass is 10.2. The van der Waals surface area contributed by atoms with Crippen molar-refractivity contribution in [1.82, 2.24) is 10.2 Å². The number of carbonyl (C=O) groups excluding carboxylic acids is 1. The van der Waals surface area contributed by atoms with E-state index in [1.807, 2.05) is 0 Å². The molecule has 1 aromatic rings. The first-order valence-corrected chi connectivity index (χ1v) is 7.13. The van der Waals surface area contributed by atoms with Crippen molar-refractivity contribution in [2.45, 2.75) is 25.7 Å². The molecule has 110 valence electrons. The number of hydrogen-bond donors (Lipinski definition) is 1. The number of rotatable bonds is 6. The fraction of sp³-hybridized carbons (Fsp3) is 0.533. The van der Waals surface area contributed by atoms with Crippen molar-refractivity contribution >= 4 is 5.91 Å². The summed E-state index contributed by atoms with van der Waals surface area (Å²) in [7, 11) is 0. The molecule has 0 radical (unpaired) electrons. The molecule has 5 heteroatoms. The highest BCUT2D eigenvalue weighted by atomic mass is 19.1. The first-order chi connectivity index (χ1) is 9.68. The van der Waals surface area contributed by atoms with E-state index < -0.39 is 23.1 Å². The van der Waals surface area contributed by atoms with Crippen LogP contribution in [0.25, 0.3) is 0 Å². The predicted molar refractivity (Wildman–Crippen MR) is 73.6 cm³/mol. The van der Waals surface area contributed by atoms with Gasteiger partial charge in [0, 0.05) is 6.54 Å². The van der Waals surface area contributed by atoms with Gasteiger partial charge >= 0.3 is 0 Å². The lowest BCUT2D eigenvalue weighted by molar-refractivity contribution is 0.0944. The van der Waals surface area contributed by atoms with Crippen molar-refractivity contribution < 1.29 is 13.6 Å². The molecule has 1 aliphatic rings. The van der Waals surface area contributed by atoms with Crippen molar-refractivity contribution in [3.63, 3.8) is 0 Å². The average Bonchev–Trinajstić information content (AvgIpc) is 2.91. The third-order valence-electron chi connectivity index (χ3n) is 3.58. The Morgan fingerprint density at radius 3 is 2.45 bits per heavy atom. The Morgan fingerprint density at radius 2 is 1.80 bits per heavy atom. The Morgan fingerprint density at radius 1 is 1.15 bits per heavy atom. The minimum atomic E-state index is -0.820. The monoisotopic (exact) mass is 282 g/mol. The fourth-order valence-corrected chi connectivity index (χ4v) is 2.47. The molecule has 20 heavy (non-hydrogen) atoms. The summed E-state index contributed by atoms with van der Waals surface area (Å²) in [6.07, 6.45) is 4.34. The van der Waals surface area contributed by atoms with Crippen LogP contribution in [0.5, 0.6) is 0 Å². The van der Waals surface area contributed by atoms with Crippen LogP contribution in [-0.4, -0.2) is 37.0 Å². The number of carbonyl (C=O) groups is 1. The summed E-state index contributed by atoms with van der Waals surface area (Å²) in [4.78, 5) is 14.1. The van der Waals surface area contributed by atoms with Crippen LogP contribution in [0.1, 0.15) is 36.0 Å². The van der Waals surface area contributed by atoms with E-state index in [1.54, 1.807) is 0 Å². The number of likely N-dealkylation sites (tertiary alicyclic amines) is 1. The molecule has 1 amide bonds. The lowest BCUT2D eigenvalue weighted by Crippen LogP contribution is -2.27. The van der Waals surface area contributed by atoms with E-state index in [0.717, 1.165) is 44.6 Å². The van der Waals surface area contributed by atoms with E-state index in [1.165, 1.54) is 18.9 Å². The molecule has 0 bridgehead atoms. The lowest BCUT2D eigenvalue weighted by Gasteiger charge is -2.14. The molecule has 1 aliphatic heterocycles. The smallest absolute Gasteiger partial charge is 0.257 e. The second-order valence-corrected chi connectivity index (χ2v) is 5.11. The fourth-order valence-electron chi connectivity index (χ4n) is 2.47. The normalized spacial score (nSPS) is 15.5. The van der Waals surface area contributed by atoms with Crippen LogP contribution in [0, 0.1) is 11.6 Å². The van der Waals surface area contributed by atoms with E-state index in [2.05, 4.69) is 10.2 Å². The topological polar surface area (TPSA) is 32.3 Å². The first kappa shape index (κ1) is 14.9. The third kappa shape index (κ3) is 4.00. The van der Waals surface area contributed by atoms with Crippen LogP contribution in [0.15, 0.2) is 18.2 Å². The number of hydrogen-bond acceptors (Lipinski definition) is 2. The molecule has 0 aliphatic carbocycles. The van der Waals surface area contributed by atoms with Crippen LogP contribution >= 0.6 is 0 Å². The highest BCUT2D eigenvalue weighted by Crippen LogP contribution is 2.12. The minimum absolute atomic E-state index is 0.445. The van der Waals surface area contributed by atoms with Gasteiger partial charge in [0.25, 0.3) is 5.91 Å². The number of nitrogens with one attached hydrogen (secondary N) is 1. The molecular weight excluding hydrogens is 262 g/mol. The van der Waals surface area contributed by atoms with Gasteiger partial charge in [0.05, 0.1) is 0 Å². The molecule has 0 spiro atoms. The van der Waals surface area contributed by atoms with Gasteiger partial charge in [-0.1, -0.05) is 6.07 Å². The molecule has 1 N–H and O–H groups in total. The molecule has 0 aromatic heterocycles. The number of halogens is 2. The summed E-state index contributed by atoms with van der Waals surface area (Å²) in [5.74, 6) is -2.32. The number of benzene rings is 1. The van der Waals surface area contributed by atoms with Gasteiger partial charge in [0.15, 0.2) is 0 Å².